The maximum Gasteiger partial charge on any atom is 0.343 e. The number of nitrogens with two attached hydrogens (primary N) is 2. The van der Waals surface area contributed by atoms with E-state index in [4.69, 9.17) is 30.1 Å². The zero-order valence-corrected chi connectivity index (χ0v) is 20.7. The van der Waals surface area contributed by atoms with Gasteiger partial charge in [0, 0.05) is 16.9 Å². The fourth-order valence-electron chi connectivity index (χ4n) is 3.80. The van der Waals surface area contributed by atoms with Crippen LogP contribution >= 0.6 is 0 Å². The van der Waals surface area contributed by atoms with E-state index in [2.05, 4.69) is 0 Å². The lowest BCUT2D eigenvalue weighted by atomic mass is 10.1. The molecule has 9 heteroatoms. The number of nitrogen functional groups attached to an aromatic ring is 2. The number of methoxy groups -OCH3 is 1. The largest absolute Gasteiger partial charge is 0.497 e. The second-order valence-corrected chi connectivity index (χ2v) is 8.50. The normalized spacial score (nSPS) is 10.7. The zero-order valence-electron chi connectivity index (χ0n) is 20.7. The Morgan fingerprint density at radius 3 is 1.79 bits per heavy atom. The average molecular weight is 523 g/mol. The number of ether oxygens (including phenoxy) is 3. The van der Waals surface area contributed by atoms with E-state index in [9.17, 15) is 14.4 Å². The van der Waals surface area contributed by atoms with Crippen molar-refractivity contribution >= 4 is 34.3 Å². The maximum atomic E-state index is 13.5. The van der Waals surface area contributed by atoms with E-state index >= 15 is 0 Å². The minimum atomic E-state index is -0.764. The Hall–Kier alpha value is -5.57. The number of carbonyl (C=O) groups is 2. The molecule has 0 aliphatic carbocycles. The third-order valence-corrected chi connectivity index (χ3v) is 5.87. The molecule has 4 N–H and O–H groups in total. The average Bonchev–Trinajstić information content (AvgIpc) is 2.95. The van der Waals surface area contributed by atoms with Crippen molar-refractivity contribution in [1.82, 2.24) is 0 Å². The highest BCUT2D eigenvalue weighted by atomic mass is 16.5. The quantitative estimate of drug-likeness (QED) is 0.177. The van der Waals surface area contributed by atoms with Crippen molar-refractivity contribution < 1.29 is 28.2 Å². The summed E-state index contributed by atoms with van der Waals surface area (Å²) in [6, 6.07) is 23.4. The van der Waals surface area contributed by atoms with Crippen LogP contribution in [0.1, 0.15) is 20.7 Å². The third-order valence-electron chi connectivity index (χ3n) is 5.87. The van der Waals surface area contributed by atoms with Crippen molar-refractivity contribution in [2.24, 2.45) is 0 Å². The van der Waals surface area contributed by atoms with Gasteiger partial charge in [-0.25, -0.2) is 9.59 Å². The van der Waals surface area contributed by atoms with Gasteiger partial charge in [-0.15, -0.1) is 0 Å². The highest BCUT2D eigenvalue weighted by molar-refractivity contribution is 5.94. The molecule has 9 nitrogen and oxygen atoms in total. The van der Waals surface area contributed by atoms with Crippen LogP contribution in [0.3, 0.4) is 0 Å². The molecule has 0 spiro atoms. The first-order valence-corrected chi connectivity index (χ1v) is 11.7. The lowest BCUT2D eigenvalue weighted by Gasteiger charge is -2.12. The number of benzene rings is 4. The van der Waals surface area contributed by atoms with Gasteiger partial charge in [0.2, 0.25) is 11.2 Å². The number of fused-ring (bicyclic) bond motifs is 1. The van der Waals surface area contributed by atoms with Gasteiger partial charge in [0.25, 0.3) is 0 Å². The van der Waals surface area contributed by atoms with E-state index in [1.807, 2.05) is 0 Å². The first-order chi connectivity index (χ1) is 18.8. The number of hydrogen-bond donors (Lipinski definition) is 2. The van der Waals surface area contributed by atoms with Crippen molar-refractivity contribution in [2.75, 3.05) is 18.6 Å². The molecule has 5 rings (SSSR count). The van der Waals surface area contributed by atoms with E-state index in [1.165, 1.54) is 37.4 Å². The summed E-state index contributed by atoms with van der Waals surface area (Å²) in [4.78, 5) is 38.9. The SMILES string of the molecule is COc1ccc2oc(-c3ccc(OC(=O)c4ccc(N)cc4)cc3)c(OC(=O)c3ccc(N)cc3)c(=O)c2c1. The number of hydrogen-bond acceptors (Lipinski definition) is 9. The molecule has 39 heavy (non-hydrogen) atoms. The van der Waals surface area contributed by atoms with Gasteiger partial charge >= 0.3 is 11.9 Å². The van der Waals surface area contributed by atoms with Crippen LogP contribution in [0.15, 0.2) is 100 Å². The van der Waals surface area contributed by atoms with Gasteiger partial charge in [-0.05, 0) is 91.0 Å². The van der Waals surface area contributed by atoms with E-state index in [0.717, 1.165) is 0 Å². The standard InChI is InChI=1S/C30H22N2O7/c1-36-23-14-15-25-24(16-23)26(33)28(39-30(35)19-4-10-21(32)11-5-19)27(38-25)17-6-12-22(13-7-17)37-29(34)18-2-8-20(31)9-3-18/h2-16H,31-32H2,1H3. The first kappa shape index (κ1) is 25.1. The molecule has 0 amide bonds. The van der Waals surface area contributed by atoms with Crippen LogP contribution in [0.25, 0.3) is 22.3 Å². The van der Waals surface area contributed by atoms with Crippen LogP contribution in [-0.4, -0.2) is 19.0 Å². The minimum Gasteiger partial charge on any atom is -0.497 e. The fraction of sp³-hybridized carbons (Fsp3) is 0.0333. The number of anilines is 2. The van der Waals surface area contributed by atoms with Crippen LogP contribution in [-0.2, 0) is 0 Å². The van der Waals surface area contributed by atoms with Crippen LogP contribution in [0.4, 0.5) is 11.4 Å². The Balaban J connectivity index is 1.52. The van der Waals surface area contributed by atoms with Crippen molar-refractivity contribution in [2.45, 2.75) is 0 Å². The monoisotopic (exact) mass is 522 g/mol. The van der Waals surface area contributed by atoms with Crippen LogP contribution in [0.2, 0.25) is 0 Å². The van der Waals surface area contributed by atoms with Gasteiger partial charge in [-0.3, -0.25) is 4.79 Å². The third kappa shape index (κ3) is 5.28. The van der Waals surface area contributed by atoms with Crippen LogP contribution in [0.5, 0.6) is 17.2 Å². The molecular weight excluding hydrogens is 500 g/mol. The molecule has 1 aromatic heterocycles. The Kier molecular flexibility index (Phi) is 6.71. The second-order valence-electron chi connectivity index (χ2n) is 8.50. The van der Waals surface area contributed by atoms with E-state index in [0.29, 0.717) is 28.3 Å². The van der Waals surface area contributed by atoms with Crippen molar-refractivity contribution in [3.05, 3.63) is 112 Å². The Morgan fingerprint density at radius 1 is 0.692 bits per heavy atom. The summed E-state index contributed by atoms with van der Waals surface area (Å²) in [5.74, 6) is -0.909. The highest BCUT2D eigenvalue weighted by Crippen LogP contribution is 2.33. The molecule has 0 fully saturated rings. The minimum absolute atomic E-state index is 0.0258. The molecular formula is C30H22N2O7. The van der Waals surface area contributed by atoms with Crippen molar-refractivity contribution in [3.63, 3.8) is 0 Å². The lowest BCUT2D eigenvalue weighted by molar-refractivity contribution is 0.0723. The van der Waals surface area contributed by atoms with Gasteiger partial charge in [-0.2, -0.15) is 0 Å². The predicted molar refractivity (Wildman–Crippen MR) is 146 cm³/mol. The topological polar surface area (TPSA) is 144 Å². The smallest absolute Gasteiger partial charge is 0.343 e. The molecule has 4 aromatic carbocycles. The van der Waals surface area contributed by atoms with Crippen LogP contribution < -0.4 is 31.1 Å². The zero-order chi connectivity index (χ0) is 27.5. The number of carbonyl (C=O) groups excluding carboxylic acids is 2. The number of esters is 2. The lowest BCUT2D eigenvalue weighted by Crippen LogP contribution is -2.16. The molecule has 0 aliphatic rings. The highest BCUT2D eigenvalue weighted by Gasteiger charge is 2.22. The van der Waals surface area contributed by atoms with E-state index < -0.39 is 17.4 Å². The molecule has 0 aliphatic heterocycles. The molecule has 194 valence electrons. The molecule has 0 unspecified atom stereocenters. The molecule has 0 atom stereocenters. The maximum absolute atomic E-state index is 13.5. The summed E-state index contributed by atoms with van der Waals surface area (Å²) >= 11 is 0. The van der Waals surface area contributed by atoms with Crippen molar-refractivity contribution in [1.29, 1.82) is 0 Å². The molecule has 0 bridgehead atoms. The van der Waals surface area contributed by atoms with Crippen molar-refractivity contribution in [3.8, 4) is 28.6 Å². The second kappa shape index (κ2) is 10.4. The van der Waals surface area contributed by atoms with Gasteiger partial charge in [0.1, 0.15) is 17.1 Å². The Bertz CT molecular complexity index is 1740. The molecule has 0 saturated heterocycles. The van der Waals surface area contributed by atoms with Gasteiger partial charge in [-0.1, -0.05) is 0 Å². The Labute approximate surface area is 222 Å². The Morgan fingerprint density at radius 2 is 1.23 bits per heavy atom. The fourth-order valence-corrected chi connectivity index (χ4v) is 3.80. The summed E-state index contributed by atoms with van der Waals surface area (Å²) in [6.45, 7) is 0. The summed E-state index contributed by atoms with van der Waals surface area (Å²) in [5, 5.41) is 0.173. The summed E-state index contributed by atoms with van der Waals surface area (Å²) in [6.07, 6.45) is 0. The predicted octanol–water partition coefficient (Wildman–Crippen LogP) is 5.07. The molecule has 5 aromatic rings. The molecule has 0 radical (unpaired) electrons. The molecule has 1 heterocycles. The van der Waals surface area contributed by atoms with Crippen LogP contribution in [0, 0.1) is 0 Å². The van der Waals surface area contributed by atoms with E-state index in [-0.39, 0.29) is 33.8 Å². The summed E-state index contributed by atoms with van der Waals surface area (Å²) in [7, 11) is 1.47. The summed E-state index contributed by atoms with van der Waals surface area (Å²) < 4.78 is 22.3. The van der Waals surface area contributed by atoms with Gasteiger partial charge < -0.3 is 30.1 Å². The van der Waals surface area contributed by atoms with Gasteiger partial charge in [0.15, 0.2) is 5.76 Å². The first-order valence-electron chi connectivity index (χ1n) is 11.7. The summed E-state index contributed by atoms with van der Waals surface area (Å²) in [5.41, 5.74) is 13.0. The van der Waals surface area contributed by atoms with E-state index in [1.54, 1.807) is 60.7 Å². The number of rotatable bonds is 6. The molecule has 0 saturated carbocycles. The van der Waals surface area contributed by atoms with Gasteiger partial charge in [0.05, 0.1) is 23.6 Å².